The highest BCUT2D eigenvalue weighted by Gasteiger charge is 2.43. The Morgan fingerprint density at radius 3 is 2.23 bits per heavy atom. The zero-order valence-electron chi connectivity index (χ0n) is 8.98. The van der Waals surface area contributed by atoms with Crippen LogP contribution >= 0.6 is 0 Å². The van der Waals surface area contributed by atoms with Crippen LogP contribution in [0.4, 0.5) is 0 Å². The van der Waals surface area contributed by atoms with Crippen LogP contribution in [0.5, 0.6) is 0 Å². The zero-order chi connectivity index (χ0) is 10.3. The molecule has 0 radical (unpaired) electrons. The van der Waals surface area contributed by atoms with E-state index in [2.05, 4.69) is 19.2 Å². The Balaban J connectivity index is 2.76. The molecule has 1 unspecified atom stereocenters. The molecule has 0 aromatic carbocycles. The van der Waals surface area contributed by atoms with Gasteiger partial charge in [-0.15, -0.1) is 0 Å². The monoisotopic (exact) mass is 184 g/mol. The summed E-state index contributed by atoms with van der Waals surface area (Å²) in [5.74, 6) is 0.155. The molecule has 1 saturated heterocycles. The molecule has 0 spiro atoms. The lowest BCUT2D eigenvalue weighted by molar-refractivity contribution is -0.119. The van der Waals surface area contributed by atoms with E-state index in [0.717, 1.165) is 6.42 Å². The molecule has 0 bridgehead atoms. The Morgan fingerprint density at radius 1 is 1.38 bits per heavy atom. The van der Waals surface area contributed by atoms with Crippen molar-refractivity contribution in [3.63, 3.8) is 0 Å². The fourth-order valence-corrected chi connectivity index (χ4v) is 1.60. The van der Waals surface area contributed by atoms with E-state index >= 15 is 0 Å². The van der Waals surface area contributed by atoms with Crippen LogP contribution in [0.2, 0.25) is 0 Å². The number of carbonyl (C=O) groups is 1. The van der Waals surface area contributed by atoms with Crippen molar-refractivity contribution >= 4 is 5.91 Å². The molecule has 0 saturated carbocycles. The fraction of sp³-hybridized carbons (Fsp3) is 0.900. The van der Waals surface area contributed by atoms with Crippen molar-refractivity contribution in [3.05, 3.63) is 0 Å². The standard InChI is InChI=1S/C10H20N2O/c1-9(2,10(3,4)11)7-5-6-8(13)12-7/h7H,5-6,11H2,1-4H3,(H,12,13). The van der Waals surface area contributed by atoms with E-state index in [-0.39, 0.29) is 22.9 Å². The summed E-state index contributed by atoms with van der Waals surface area (Å²) in [7, 11) is 0. The molecule has 13 heavy (non-hydrogen) atoms. The van der Waals surface area contributed by atoms with E-state index in [1.165, 1.54) is 0 Å². The first-order chi connectivity index (χ1) is 5.75. The minimum Gasteiger partial charge on any atom is -0.353 e. The Labute approximate surface area is 80.1 Å². The SMILES string of the molecule is CC(C)(N)C(C)(C)C1CCC(=O)N1. The first-order valence-corrected chi connectivity index (χ1v) is 4.83. The summed E-state index contributed by atoms with van der Waals surface area (Å²) in [5, 5.41) is 2.98. The topological polar surface area (TPSA) is 55.1 Å². The molecule has 3 N–H and O–H groups in total. The van der Waals surface area contributed by atoms with Gasteiger partial charge in [0.25, 0.3) is 0 Å². The number of hydrogen-bond donors (Lipinski definition) is 2. The Hall–Kier alpha value is -0.570. The van der Waals surface area contributed by atoms with Gasteiger partial charge in [0.05, 0.1) is 0 Å². The number of rotatable bonds is 2. The smallest absolute Gasteiger partial charge is 0.220 e. The van der Waals surface area contributed by atoms with E-state index in [4.69, 9.17) is 5.73 Å². The highest BCUT2D eigenvalue weighted by molar-refractivity contribution is 5.78. The molecule has 3 heteroatoms. The molecule has 0 aliphatic carbocycles. The van der Waals surface area contributed by atoms with Crippen molar-refractivity contribution in [1.82, 2.24) is 5.32 Å². The average Bonchev–Trinajstić information content (AvgIpc) is 2.33. The molecule has 3 nitrogen and oxygen atoms in total. The quantitative estimate of drug-likeness (QED) is 0.673. The molecule has 1 atom stereocenters. The van der Waals surface area contributed by atoms with Crippen LogP contribution in [-0.2, 0) is 4.79 Å². The number of nitrogens with one attached hydrogen (secondary N) is 1. The third-order valence-corrected chi connectivity index (χ3v) is 3.53. The van der Waals surface area contributed by atoms with Crippen molar-refractivity contribution in [1.29, 1.82) is 0 Å². The largest absolute Gasteiger partial charge is 0.353 e. The van der Waals surface area contributed by atoms with Crippen molar-refractivity contribution in [3.8, 4) is 0 Å². The van der Waals surface area contributed by atoms with Gasteiger partial charge in [-0.1, -0.05) is 13.8 Å². The zero-order valence-corrected chi connectivity index (χ0v) is 8.98. The number of nitrogens with two attached hydrogens (primary N) is 1. The van der Waals surface area contributed by atoms with Crippen molar-refractivity contribution < 1.29 is 4.79 Å². The molecule has 1 fully saturated rings. The Morgan fingerprint density at radius 2 is 1.92 bits per heavy atom. The molecule has 76 valence electrons. The van der Waals surface area contributed by atoms with Gasteiger partial charge in [0.15, 0.2) is 0 Å². The summed E-state index contributed by atoms with van der Waals surface area (Å²) < 4.78 is 0. The van der Waals surface area contributed by atoms with Crippen LogP contribution in [0.3, 0.4) is 0 Å². The van der Waals surface area contributed by atoms with Crippen LogP contribution in [0.1, 0.15) is 40.5 Å². The maximum absolute atomic E-state index is 11.1. The number of carbonyl (C=O) groups excluding carboxylic acids is 1. The van der Waals surface area contributed by atoms with Gasteiger partial charge in [-0.25, -0.2) is 0 Å². The van der Waals surface area contributed by atoms with Crippen LogP contribution in [-0.4, -0.2) is 17.5 Å². The summed E-state index contributed by atoms with van der Waals surface area (Å²) >= 11 is 0. The molecule has 1 aliphatic heterocycles. The van der Waals surface area contributed by atoms with Gasteiger partial charge in [0.2, 0.25) is 5.91 Å². The lowest BCUT2D eigenvalue weighted by Gasteiger charge is -2.43. The third kappa shape index (κ3) is 1.85. The summed E-state index contributed by atoms with van der Waals surface area (Å²) in [6, 6.07) is 0.222. The first kappa shape index (κ1) is 10.5. The second-order valence-electron chi connectivity index (χ2n) is 5.10. The molecular weight excluding hydrogens is 164 g/mol. The van der Waals surface area contributed by atoms with Crippen molar-refractivity contribution in [2.45, 2.75) is 52.1 Å². The van der Waals surface area contributed by atoms with E-state index in [9.17, 15) is 4.79 Å². The Kier molecular flexibility index (Phi) is 2.41. The minimum atomic E-state index is -0.269. The van der Waals surface area contributed by atoms with E-state index < -0.39 is 0 Å². The van der Waals surface area contributed by atoms with Gasteiger partial charge >= 0.3 is 0 Å². The van der Waals surface area contributed by atoms with Crippen LogP contribution in [0.25, 0.3) is 0 Å². The normalized spacial score (nSPS) is 24.7. The lowest BCUT2D eigenvalue weighted by atomic mass is 9.69. The predicted molar refractivity (Wildman–Crippen MR) is 53.2 cm³/mol. The van der Waals surface area contributed by atoms with Gasteiger partial charge < -0.3 is 11.1 Å². The predicted octanol–water partition coefficient (Wildman–Crippen LogP) is 1.03. The molecule has 0 aromatic heterocycles. The highest BCUT2D eigenvalue weighted by Crippen LogP contribution is 2.35. The summed E-state index contributed by atoms with van der Waals surface area (Å²) in [4.78, 5) is 11.1. The highest BCUT2D eigenvalue weighted by atomic mass is 16.1. The maximum atomic E-state index is 11.1. The van der Waals surface area contributed by atoms with Gasteiger partial charge in [0, 0.05) is 23.4 Å². The van der Waals surface area contributed by atoms with Gasteiger partial charge in [0.1, 0.15) is 0 Å². The van der Waals surface area contributed by atoms with Crippen LogP contribution in [0.15, 0.2) is 0 Å². The Bertz CT molecular complexity index is 215. The van der Waals surface area contributed by atoms with Gasteiger partial charge in [-0.2, -0.15) is 0 Å². The molecule has 1 amide bonds. The van der Waals surface area contributed by atoms with E-state index in [1.807, 2.05) is 13.8 Å². The van der Waals surface area contributed by atoms with Crippen LogP contribution < -0.4 is 11.1 Å². The van der Waals surface area contributed by atoms with Crippen molar-refractivity contribution in [2.75, 3.05) is 0 Å². The number of amides is 1. The fourth-order valence-electron chi connectivity index (χ4n) is 1.60. The molecule has 0 aromatic rings. The van der Waals surface area contributed by atoms with E-state index in [1.54, 1.807) is 0 Å². The molecule has 1 heterocycles. The first-order valence-electron chi connectivity index (χ1n) is 4.83. The molecular formula is C10H20N2O. The summed E-state index contributed by atoms with van der Waals surface area (Å²) in [5.41, 5.74) is 5.76. The summed E-state index contributed by atoms with van der Waals surface area (Å²) in [6.45, 7) is 8.25. The average molecular weight is 184 g/mol. The second kappa shape index (κ2) is 2.98. The van der Waals surface area contributed by atoms with Gasteiger partial charge in [-0.3, -0.25) is 4.79 Å². The van der Waals surface area contributed by atoms with Crippen LogP contribution in [0, 0.1) is 5.41 Å². The maximum Gasteiger partial charge on any atom is 0.220 e. The summed E-state index contributed by atoms with van der Waals surface area (Å²) in [6.07, 6.45) is 1.55. The number of hydrogen-bond acceptors (Lipinski definition) is 2. The molecule has 1 aliphatic rings. The van der Waals surface area contributed by atoms with E-state index in [0.29, 0.717) is 6.42 Å². The third-order valence-electron chi connectivity index (χ3n) is 3.53. The lowest BCUT2D eigenvalue weighted by Crippen LogP contribution is -2.56. The second-order valence-corrected chi connectivity index (χ2v) is 5.10. The van der Waals surface area contributed by atoms with Gasteiger partial charge in [-0.05, 0) is 20.3 Å². The van der Waals surface area contributed by atoms with Crippen molar-refractivity contribution in [2.24, 2.45) is 11.1 Å². The minimum absolute atomic E-state index is 0.0564. The molecule has 1 rings (SSSR count).